The van der Waals surface area contributed by atoms with E-state index in [1.807, 2.05) is 49.4 Å². The summed E-state index contributed by atoms with van der Waals surface area (Å²) >= 11 is 0. The maximum atomic E-state index is 10.5. The largest absolute Gasteiger partial charge is 0.469 e. The molecular formula is C18H14O3. The molecule has 0 saturated carbocycles. The number of aliphatic hydroxyl groups is 1. The molecule has 3 nitrogen and oxygen atoms in total. The van der Waals surface area contributed by atoms with Gasteiger partial charge < -0.3 is 13.9 Å². The van der Waals surface area contributed by atoms with Crippen LogP contribution >= 0.6 is 0 Å². The number of benzene rings is 2. The van der Waals surface area contributed by atoms with Crippen LogP contribution in [0.25, 0.3) is 21.9 Å². The molecule has 2 aromatic heterocycles. The predicted molar refractivity (Wildman–Crippen MR) is 81.2 cm³/mol. The topological polar surface area (TPSA) is 46.5 Å². The van der Waals surface area contributed by atoms with Crippen molar-refractivity contribution in [1.29, 1.82) is 0 Å². The molecule has 1 N–H and O–H groups in total. The van der Waals surface area contributed by atoms with Gasteiger partial charge in [0.25, 0.3) is 0 Å². The standard InChI is InChI=1S/C18H14O3/c1-11-13(8-9-20-11)18(19)12-6-7-17-15(10-12)14-4-2-3-5-16(14)21-17/h2-10,18-19H,1H3. The molecule has 2 aromatic carbocycles. The van der Waals surface area contributed by atoms with Crippen LogP contribution in [-0.2, 0) is 0 Å². The molecule has 2 heterocycles. The molecule has 0 spiro atoms. The van der Waals surface area contributed by atoms with Gasteiger partial charge in [0.1, 0.15) is 23.0 Å². The first-order valence-corrected chi connectivity index (χ1v) is 6.87. The van der Waals surface area contributed by atoms with Crippen LogP contribution in [0, 0.1) is 6.92 Å². The van der Waals surface area contributed by atoms with E-state index in [1.165, 1.54) is 0 Å². The van der Waals surface area contributed by atoms with Crippen LogP contribution in [0.4, 0.5) is 0 Å². The predicted octanol–water partition coefficient (Wildman–Crippen LogP) is 4.57. The summed E-state index contributed by atoms with van der Waals surface area (Å²) in [6.07, 6.45) is 0.904. The number of aliphatic hydroxyl groups excluding tert-OH is 1. The average molecular weight is 278 g/mol. The highest BCUT2D eigenvalue weighted by molar-refractivity contribution is 6.05. The van der Waals surface area contributed by atoms with E-state index in [-0.39, 0.29) is 0 Å². The molecule has 3 heteroatoms. The minimum absolute atomic E-state index is 0.693. The van der Waals surface area contributed by atoms with E-state index < -0.39 is 6.10 Å². The van der Waals surface area contributed by atoms with E-state index in [0.29, 0.717) is 0 Å². The van der Waals surface area contributed by atoms with Gasteiger partial charge in [-0.1, -0.05) is 24.3 Å². The molecule has 0 aliphatic rings. The summed E-state index contributed by atoms with van der Waals surface area (Å²) in [5.74, 6) is 0.736. The van der Waals surface area contributed by atoms with Crippen molar-refractivity contribution >= 4 is 21.9 Å². The number of para-hydroxylation sites is 1. The highest BCUT2D eigenvalue weighted by Crippen LogP contribution is 2.33. The molecule has 4 aromatic rings. The second-order valence-electron chi connectivity index (χ2n) is 5.19. The summed E-state index contributed by atoms with van der Waals surface area (Å²) in [5, 5.41) is 12.6. The van der Waals surface area contributed by atoms with E-state index in [2.05, 4.69) is 0 Å². The second kappa shape index (κ2) is 4.50. The lowest BCUT2D eigenvalue weighted by molar-refractivity contribution is 0.218. The minimum atomic E-state index is -0.693. The van der Waals surface area contributed by atoms with Crippen molar-refractivity contribution in [2.24, 2.45) is 0 Å². The smallest absolute Gasteiger partial charge is 0.135 e. The molecule has 21 heavy (non-hydrogen) atoms. The molecule has 0 fully saturated rings. The Balaban J connectivity index is 1.90. The van der Waals surface area contributed by atoms with Crippen LogP contribution in [0.2, 0.25) is 0 Å². The third-order valence-corrected chi connectivity index (χ3v) is 3.91. The summed E-state index contributed by atoms with van der Waals surface area (Å²) in [6.45, 7) is 1.85. The molecule has 0 radical (unpaired) electrons. The van der Waals surface area contributed by atoms with Crippen molar-refractivity contribution in [3.05, 3.63) is 71.7 Å². The lowest BCUT2D eigenvalue weighted by atomic mass is 10.00. The molecule has 0 saturated heterocycles. The van der Waals surface area contributed by atoms with Gasteiger partial charge in [0, 0.05) is 16.3 Å². The van der Waals surface area contributed by atoms with Crippen LogP contribution in [-0.4, -0.2) is 5.11 Å². The second-order valence-corrected chi connectivity index (χ2v) is 5.19. The number of hydrogen-bond acceptors (Lipinski definition) is 3. The molecule has 104 valence electrons. The fourth-order valence-corrected chi connectivity index (χ4v) is 2.77. The third kappa shape index (κ3) is 1.86. The van der Waals surface area contributed by atoms with E-state index in [9.17, 15) is 5.11 Å². The van der Waals surface area contributed by atoms with Gasteiger partial charge in [-0.3, -0.25) is 0 Å². The summed E-state index contributed by atoms with van der Waals surface area (Å²) in [6, 6.07) is 15.5. The van der Waals surface area contributed by atoms with E-state index in [0.717, 1.165) is 38.8 Å². The van der Waals surface area contributed by atoms with Crippen molar-refractivity contribution in [2.75, 3.05) is 0 Å². The maximum Gasteiger partial charge on any atom is 0.135 e. The van der Waals surface area contributed by atoms with Crippen LogP contribution in [0.15, 0.2) is 63.6 Å². The number of rotatable bonds is 2. The molecular weight excluding hydrogens is 264 g/mol. The number of hydrogen-bond donors (Lipinski definition) is 1. The van der Waals surface area contributed by atoms with Crippen LogP contribution in [0.5, 0.6) is 0 Å². The Morgan fingerprint density at radius 1 is 0.952 bits per heavy atom. The highest BCUT2D eigenvalue weighted by atomic mass is 16.3. The summed E-state index contributed by atoms with van der Waals surface area (Å²) in [4.78, 5) is 0. The van der Waals surface area contributed by atoms with Gasteiger partial charge in [0.2, 0.25) is 0 Å². The van der Waals surface area contributed by atoms with Gasteiger partial charge >= 0.3 is 0 Å². The summed E-state index contributed by atoms with van der Waals surface area (Å²) in [7, 11) is 0. The Labute approximate surface area is 121 Å². The molecule has 0 aliphatic heterocycles. The fraction of sp³-hybridized carbons (Fsp3) is 0.111. The number of fused-ring (bicyclic) bond motifs is 3. The van der Waals surface area contributed by atoms with Crippen molar-refractivity contribution in [1.82, 2.24) is 0 Å². The van der Waals surface area contributed by atoms with Crippen molar-refractivity contribution < 1.29 is 13.9 Å². The van der Waals surface area contributed by atoms with Gasteiger partial charge in [-0.2, -0.15) is 0 Å². The van der Waals surface area contributed by atoms with E-state index in [1.54, 1.807) is 12.3 Å². The molecule has 0 amide bonds. The van der Waals surface area contributed by atoms with Gasteiger partial charge in [0.05, 0.1) is 6.26 Å². The van der Waals surface area contributed by atoms with Crippen LogP contribution < -0.4 is 0 Å². The highest BCUT2D eigenvalue weighted by Gasteiger charge is 2.16. The molecule has 4 rings (SSSR count). The monoisotopic (exact) mass is 278 g/mol. The molecule has 0 aliphatic carbocycles. The van der Waals surface area contributed by atoms with Crippen molar-refractivity contribution in [3.63, 3.8) is 0 Å². The zero-order chi connectivity index (χ0) is 14.4. The SMILES string of the molecule is Cc1occc1C(O)c1ccc2oc3ccccc3c2c1. The summed E-state index contributed by atoms with van der Waals surface area (Å²) in [5.41, 5.74) is 3.32. The van der Waals surface area contributed by atoms with Crippen LogP contribution in [0.1, 0.15) is 23.0 Å². The van der Waals surface area contributed by atoms with Gasteiger partial charge in [-0.25, -0.2) is 0 Å². The van der Waals surface area contributed by atoms with Crippen molar-refractivity contribution in [3.8, 4) is 0 Å². The first-order chi connectivity index (χ1) is 10.2. The third-order valence-electron chi connectivity index (χ3n) is 3.91. The zero-order valence-electron chi connectivity index (χ0n) is 11.5. The molecule has 1 unspecified atom stereocenters. The Hall–Kier alpha value is -2.52. The average Bonchev–Trinajstić information content (AvgIpc) is 3.09. The summed E-state index contributed by atoms with van der Waals surface area (Å²) < 4.78 is 11.1. The van der Waals surface area contributed by atoms with Gasteiger partial charge in [-0.05, 0) is 36.8 Å². The first kappa shape index (κ1) is 12.2. The van der Waals surface area contributed by atoms with E-state index >= 15 is 0 Å². The van der Waals surface area contributed by atoms with E-state index in [4.69, 9.17) is 8.83 Å². The van der Waals surface area contributed by atoms with Crippen molar-refractivity contribution in [2.45, 2.75) is 13.0 Å². The lowest BCUT2D eigenvalue weighted by Gasteiger charge is -2.10. The Bertz CT molecular complexity index is 930. The zero-order valence-corrected chi connectivity index (χ0v) is 11.5. The molecule has 1 atom stereocenters. The number of aryl methyl sites for hydroxylation is 1. The lowest BCUT2D eigenvalue weighted by Crippen LogP contribution is -1.99. The Morgan fingerprint density at radius 2 is 1.76 bits per heavy atom. The Morgan fingerprint density at radius 3 is 2.57 bits per heavy atom. The minimum Gasteiger partial charge on any atom is -0.469 e. The first-order valence-electron chi connectivity index (χ1n) is 6.87. The quantitative estimate of drug-likeness (QED) is 0.584. The number of furan rings is 2. The Kier molecular flexibility index (Phi) is 2.62. The molecule has 0 bridgehead atoms. The van der Waals surface area contributed by atoms with Gasteiger partial charge in [-0.15, -0.1) is 0 Å². The normalized spacial score (nSPS) is 13.0. The maximum absolute atomic E-state index is 10.5. The van der Waals surface area contributed by atoms with Crippen LogP contribution in [0.3, 0.4) is 0 Å². The fourth-order valence-electron chi connectivity index (χ4n) is 2.77. The van der Waals surface area contributed by atoms with Gasteiger partial charge in [0.15, 0.2) is 0 Å².